The lowest BCUT2D eigenvalue weighted by molar-refractivity contribution is -0.929. The summed E-state index contributed by atoms with van der Waals surface area (Å²) >= 11 is 0. The molecule has 1 aliphatic rings. The summed E-state index contributed by atoms with van der Waals surface area (Å²) in [4.78, 5) is 2.55. The molecule has 0 amide bonds. The van der Waals surface area contributed by atoms with Gasteiger partial charge in [0.05, 0.1) is 32.3 Å². The van der Waals surface area contributed by atoms with Gasteiger partial charge in [-0.25, -0.2) is 0 Å². The molecule has 334 valence electrons. The highest BCUT2D eigenvalue weighted by Crippen LogP contribution is 2.18. The molecule has 1 fully saturated rings. The van der Waals surface area contributed by atoms with Crippen LogP contribution in [0.2, 0.25) is 0 Å². The Hall–Kier alpha value is -0.250. The fourth-order valence-electron chi connectivity index (χ4n) is 8.09. The van der Waals surface area contributed by atoms with E-state index in [1.54, 1.807) is 0 Å². The van der Waals surface area contributed by atoms with E-state index in [1.807, 2.05) is 0 Å². The van der Waals surface area contributed by atoms with Crippen molar-refractivity contribution in [3.8, 4) is 0 Å². The number of aliphatic hydroxyl groups is 1. The van der Waals surface area contributed by atoms with Crippen molar-refractivity contribution in [3.05, 3.63) is 0 Å². The molecule has 0 aromatic carbocycles. The van der Waals surface area contributed by atoms with Crippen molar-refractivity contribution >= 4 is 10.4 Å². The average Bonchev–Trinajstić information content (AvgIpc) is 3.16. The fourth-order valence-corrected chi connectivity index (χ4v) is 8.09. The first kappa shape index (κ1) is 56.8. The molecule has 55 heavy (non-hydrogen) atoms. The third-order valence-corrected chi connectivity index (χ3v) is 11.8. The van der Waals surface area contributed by atoms with Crippen LogP contribution in [0.25, 0.3) is 0 Å². The standard InChI is InChI=1S/C31H63NO.C16H36N.H2O4S/c1-2-3-4-5-6-7-8-9-10-11-12-13-14-15-16-17-18-19-20-21-22-23-24-25-28-32-29-26-31(33)27-30-32;1-5-9-13-17(14-10-6-2,15-11-7-3)16-12-8-4;1-5(2,3)4/h31,33H,2-30H2,1H3;5-16H2,1-4H3;(H2,1,2,3,4)/q;+1;. The van der Waals surface area contributed by atoms with Crippen LogP contribution in [0, 0.1) is 0 Å². The Kier molecular flexibility index (Phi) is 44.8. The third kappa shape index (κ3) is 46.3. The van der Waals surface area contributed by atoms with Gasteiger partial charge in [0.15, 0.2) is 0 Å². The normalized spacial score (nSPS) is 14.0. The molecule has 1 saturated heterocycles. The lowest BCUT2D eigenvalue weighted by atomic mass is 10.0. The van der Waals surface area contributed by atoms with Crippen LogP contribution in [0.4, 0.5) is 0 Å². The zero-order valence-electron chi connectivity index (χ0n) is 38.0. The van der Waals surface area contributed by atoms with Gasteiger partial charge in [0.2, 0.25) is 0 Å². The van der Waals surface area contributed by atoms with E-state index in [9.17, 15) is 5.11 Å². The van der Waals surface area contributed by atoms with Gasteiger partial charge >= 0.3 is 10.4 Å². The summed E-state index contributed by atoms with van der Waals surface area (Å²) in [5.74, 6) is 0. The summed E-state index contributed by atoms with van der Waals surface area (Å²) in [7, 11) is -4.67. The van der Waals surface area contributed by atoms with Gasteiger partial charge in [-0.15, -0.1) is 0 Å². The first-order valence-corrected chi connectivity index (χ1v) is 25.9. The van der Waals surface area contributed by atoms with Gasteiger partial charge in [0, 0.05) is 13.1 Å². The van der Waals surface area contributed by atoms with Crippen molar-refractivity contribution in [2.45, 2.75) is 259 Å². The van der Waals surface area contributed by atoms with Crippen LogP contribution >= 0.6 is 0 Å². The largest absolute Gasteiger partial charge is 0.394 e. The lowest BCUT2D eigenvalue weighted by Crippen LogP contribution is -2.50. The molecule has 0 saturated carbocycles. The van der Waals surface area contributed by atoms with E-state index in [2.05, 4.69) is 39.5 Å². The molecule has 0 bridgehead atoms. The summed E-state index contributed by atoms with van der Waals surface area (Å²) in [6.45, 7) is 20.8. The molecule has 0 atom stereocenters. The van der Waals surface area contributed by atoms with E-state index >= 15 is 0 Å². The smallest absolute Gasteiger partial charge is 0.393 e. The number of likely N-dealkylation sites (tertiary alicyclic amines) is 1. The highest BCUT2D eigenvalue weighted by atomic mass is 32.3. The number of aliphatic hydroxyl groups excluding tert-OH is 1. The zero-order valence-corrected chi connectivity index (χ0v) is 38.8. The van der Waals surface area contributed by atoms with Crippen molar-refractivity contribution in [3.63, 3.8) is 0 Å². The molecule has 7 nitrogen and oxygen atoms in total. The predicted octanol–water partition coefficient (Wildman–Crippen LogP) is 14.2. The van der Waals surface area contributed by atoms with Crippen molar-refractivity contribution in [1.82, 2.24) is 4.90 Å². The summed E-state index contributed by atoms with van der Waals surface area (Å²) in [6, 6.07) is 0. The predicted molar refractivity (Wildman–Crippen MR) is 242 cm³/mol. The molecule has 0 radical (unpaired) electrons. The summed E-state index contributed by atoms with van der Waals surface area (Å²) < 4.78 is 33.0. The Morgan fingerprint density at radius 2 is 0.636 bits per heavy atom. The molecule has 0 aromatic heterocycles. The molecule has 0 aromatic rings. The van der Waals surface area contributed by atoms with Gasteiger partial charge in [0.1, 0.15) is 0 Å². The molecule has 8 heteroatoms. The SMILES string of the molecule is CCCCCCCCCCCCCCCCCCCCCCCCCCN1CCC(O)CC1.CCCC[N+](CCCC)(CCCC)CCCC.O=S(=O)(O)O. The van der Waals surface area contributed by atoms with Crippen LogP contribution in [-0.2, 0) is 10.4 Å². The second-order valence-electron chi connectivity index (χ2n) is 17.3. The Labute approximate surface area is 346 Å². The maximum absolute atomic E-state index is 9.56. The highest BCUT2D eigenvalue weighted by Gasteiger charge is 2.24. The van der Waals surface area contributed by atoms with Crippen LogP contribution in [0.5, 0.6) is 0 Å². The zero-order chi connectivity index (χ0) is 41.1. The van der Waals surface area contributed by atoms with Gasteiger partial charge in [-0.3, -0.25) is 9.11 Å². The Morgan fingerprint density at radius 3 is 0.873 bits per heavy atom. The van der Waals surface area contributed by atoms with Crippen molar-refractivity contribution in [2.24, 2.45) is 0 Å². The third-order valence-electron chi connectivity index (χ3n) is 11.8. The second-order valence-corrected chi connectivity index (χ2v) is 18.2. The number of quaternary nitrogens is 1. The van der Waals surface area contributed by atoms with Gasteiger partial charge in [-0.05, 0) is 51.5 Å². The number of hydrogen-bond donors (Lipinski definition) is 3. The first-order chi connectivity index (χ1) is 26.6. The van der Waals surface area contributed by atoms with Crippen molar-refractivity contribution < 1.29 is 27.1 Å². The van der Waals surface area contributed by atoms with Crippen LogP contribution < -0.4 is 0 Å². The number of rotatable bonds is 37. The number of hydrogen-bond acceptors (Lipinski definition) is 4. The van der Waals surface area contributed by atoms with Gasteiger partial charge in [-0.2, -0.15) is 8.42 Å². The Balaban J connectivity index is 0. The quantitative estimate of drug-likeness (QED) is 0.0329. The summed E-state index contributed by atoms with van der Waals surface area (Å²) in [6.07, 6.45) is 48.0. The van der Waals surface area contributed by atoms with Crippen LogP contribution in [0.15, 0.2) is 0 Å². The molecule has 0 aliphatic carbocycles. The van der Waals surface area contributed by atoms with Crippen molar-refractivity contribution in [1.29, 1.82) is 0 Å². The number of piperidine rings is 1. The maximum atomic E-state index is 9.56. The minimum absolute atomic E-state index is 0.0273. The van der Waals surface area contributed by atoms with E-state index in [0.29, 0.717) is 0 Å². The van der Waals surface area contributed by atoms with E-state index in [-0.39, 0.29) is 6.10 Å². The molecular weight excluding hydrogens is 705 g/mol. The summed E-state index contributed by atoms with van der Waals surface area (Å²) in [5.41, 5.74) is 0. The molecular formula is C47H101N2O5S+. The van der Waals surface area contributed by atoms with Gasteiger partial charge < -0.3 is 14.5 Å². The molecule has 0 spiro atoms. The van der Waals surface area contributed by atoms with Gasteiger partial charge in [0.25, 0.3) is 0 Å². The van der Waals surface area contributed by atoms with E-state index in [0.717, 1.165) is 25.9 Å². The molecule has 1 heterocycles. The topological polar surface area (TPSA) is 98.1 Å². The number of nitrogens with zero attached hydrogens (tertiary/aromatic N) is 2. The molecule has 3 N–H and O–H groups in total. The monoisotopic (exact) mass is 806 g/mol. The van der Waals surface area contributed by atoms with Crippen LogP contribution in [0.1, 0.15) is 253 Å². The first-order valence-electron chi connectivity index (χ1n) is 24.5. The van der Waals surface area contributed by atoms with Crippen LogP contribution in [-0.4, -0.2) is 83.9 Å². The van der Waals surface area contributed by atoms with E-state index < -0.39 is 10.4 Å². The Morgan fingerprint density at radius 1 is 0.418 bits per heavy atom. The van der Waals surface area contributed by atoms with Crippen molar-refractivity contribution in [2.75, 3.05) is 45.8 Å². The van der Waals surface area contributed by atoms with E-state index in [1.165, 1.54) is 243 Å². The highest BCUT2D eigenvalue weighted by molar-refractivity contribution is 7.79. The van der Waals surface area contributed by atoms with Gasteiger partial charge in [-0.1, -0.05) is 208 Å². The maximum Gasteiger partial charge on any atom is 0.394 e. The average molecular weight is 806 g/mol. The Bertz CT molecular complexity index is 790. The second kappa shape index (κ2) is 43.3. The van der Waals surface area contributed by atoms with Crippen LogP contribution in [0.3, 0.4) is 0 Å². The lowest BCUT2D eigenvalue weighted by Gasteiger charge is -2.39. The molecule has 1 aliphatic heterocycles. The number of unbranched alkanes of at least 4 members (excludes halogenated alkanes) is 27. The minimum atomic E-state index is -4.67. The molecule has 1 rings (SSSR count). The summed E-state index contributed by atoms with van der Waals surface area (Å²) in [5, 5.41) is 9.56. The van der Waals surface area contributed by atoms with E-state index in [4.69, 9.17) is 17.5 Å². The fraction of sp³-hybridized carbons (Fsp3) is 1.00. The molecule has 0 unspecified atom stereocenters. The minimum Gasteiger partial charge on any atom is -0.393 e.